The number of nitrogens with zero attached hydrogens (tertiary/aromatic N) is 3. The summed E-state index contributed by atoms with van der Waals surface area (Å²) in [6.07, 6.45) is 1.12. The largest absolute Gasteiger partial charge is 0.381 e. The number of aryl methyl sites for hydroxylation is 2. The molecule has 0 aromatic carbocycles. The Hall–Kier alpha value is -1.58. The van der Waals surface area contributed by atoms with Crippen LogP contribution in [0.3, 0.4) is 0 Å². The zero-order valence-corrected chi connectivity index (χ0v) is 19.2. The lowest BCUT2D eigenvalue weighted by atomic mass is 9.97. The van der Waals surface area contributed by atoms with Crippen LogP contribution >= 0.6 is 22.7 Å². The third-order valence-electron chi connectivity index (χ3n) is 6.27. The second-order valence-electron chi connectivity index (χ2n) is 8.06. The molecule has 0 spiro atoms. The van der Waals surface area contributed by atoms with Gasteiger partial charge in [-0.2, -0.15) is 0 Å². The summed E-state index contributed by atoms with van der Waals surface area (Å²) in [7, 11) is 0. The Morgan fingerprint density at radius 1 is 1.20 bits per heavy atom. The van der Waals surface area contributed by atoms with E-state index in [9.17, 15) is 0 Å². The van der Waals surface area contributed by atoms with E-state index in [-0.39, 0.29) is 0 Å². The van der Waals surface area contributed by atoms with Gasteiger partial charge >= 0.3 is 0 Å². The van der Waals surface area contributed by atoms with Gasteiger partial charge in [-0.25, -0.2) is 9.97 Å². The van der Waals surface area contributed by atoms with Crippen molar-refractivity contribution in [3.63, 3.8) is 0 Å². The molecular weight excluding hydrogens is 416 g/mol. The Morgan fingerprint density at radius 2 is 2.07 bits per heavy atom. The Kier molecular flexibility index (Phi) is 6.02. The highest BCUT2D eigenvalue weighted by Crippen LogP contribution is 2.36. The molecule has 2 fully saturated rings. The normalized spacial score (nSPS) is 21.3. The van der Waals surface area contributed by atoms with Crippen molar-refractivity contribution in [2.75, 3.05) is 51.4 Å². The predicted molar refractivity (Wildman–Crippen MR) is 124 cm³/mol. The fourth-order valence-electron chi connectivity index (χ4n) is 4.45. The van der Waals surface area contributed by atoms with E-state index >= 15 is 0 Å². The van der Waals surface area contributed by atoms with Crippen molar-refractivity contribution < 1.29 is 9.47 Å². The number of ether oxygens (including phenoxy) is 2. The third kappa shape index (κ3) is 3.99. The molecule has 0 bridgehead atoms. The summed E-state index contributed by atoms with van der Waals surface area (Å²) in [6, 6.07) is 4.57. The number of thiophene rings is 2. The Morgan fingerprint density at radius 3 is 2.80 bits per heavy atom. The molecule has 5 heterocycles. The molecule has 0 saturated carbocycles. The second kappa shape index (κ2) is 8.88. The van der Waals surface area contributed by atoms with E-state index in [1.54, 1.807) is 22.7 Å². The van der Waals surface area contributed by atoms with Crippen LogP contribution < -0.4 is 5.32 Å². The van der Waals surface area contributed by atoms with Gasteiger partial charge in [-0.15, -0.1) is 22.7 Å². The third-order valence-corrected chi connectivity index (χ3v) is 8.24. The Bertz CT molecular complexity index is 992. The highest BCUT2D eigenvalue weighted by molar-refractivity contribution is 7.19. The van der Waals surface area contributed by atoms with Crippen LogP contribution in [0.1, 0.15) is 16.9 Å². The molecule has 160 valence electrons. The average molecular weight is 445 g/mol. The van der Waals surface area contributed by atoms with Gasteiger partial charge in [-0.1, -0.05) is 6.07 Å². The molecule has 8 heteroatoms. The maximum absolute atomic E-state index is 5.73. The van der Waals surface area contributed by atoms with Gasteiger partial charge in [-0.3, -0.25) is 4.90 Å². The highest BCUT2D eigenvalue weighted by atomic mass is 32.1. The highest BCUT2D eigenvalue weighted by Gasteiger charge is 2.31. The molecule has 2 saturated heterocycles. The summed E-state index contributed by atoms with van der Waals surface area (Å²) in [6.45, 7) is 10.5. The van der Waals surface area contributed by atoms with E-state index in [4.69, 9.17) is 19.4 Å². The molecule has 3 aromatic rings. The summed E-state index contributed by atoms with van der Waals surface area (Å²) in [5.41, 5.74) is 1.28. The van der Waals surface area contributed by atoms with Crippen molar-refractivity contribution in [2.45, 2.75) is 26.3 Å². The monoisotopic (exact) mass is 444 g/mol. The van der Waals surface area contributed by atoms with Gasteiger partial charge < -0.3 is 14.8 Å². The molecule has 6 nitrogen and oxygen atoms in total. The first-order valence-corrected chi connectivity index (χ1v) is 12.4. The minimum absolute atomic E-state index is 0.423. The van der Waals surface area contributed by atoms with Crippen LogP contribution in [-0.4, -0.2) is 67.0 Å². The molecule has 0 amide bonds. The van der Waals surface area contributed by atoms with Gasteiger partial charge in [0.05, 0.1) is 30.1 Å². The average Bonchev–Trinajstić information content (AvgIpc) is 3.52. The van der Waals surface area contributed by atoms with Gasteiger partial charge in [0.15, 0.2) is 5.82 Å². The number of hydrogen-bond acceptors (Lipinski definition) is 8. The lowest BCUT2D eigenvalue weighted by molar-refractivity contribution is 0.00460. The van der Waals surface area contributed by atoms with Crippen LogP contribution in [0.5, 0.6) is 0 Å². The first kappa shape index (κ1) is 20.3. The SMILES string of the molecule is Cc1sc2nc(-c3cccs3)nc(NC[C@H]([C@@H]3CCOC3)N3CCOCC3)c2c1C. The number of aromatic nitrogens is 2. The predicted octanol–water partition coefficient (Wildman–Crippen LogP) is 4.19. The molecule has 1 N–H and O–H groups in total. The lowest BCUT2D eigenvalue weighted by Gasteiger charge is -2.37. The maximum atomic E-state index is 5.73. The van der Waals surface area contributed by atoms with Gasteiger partial charge in [-0.05, 0) is 37.3 Å². The van der Waals surface area contributed by atoms with Crippen molar-refractivity contribution >= 4 is 38.7 Å². The number of hydrogen-bond donors (Lipinski definition) is 1. The molecule has 3 aromatic heterocycles. The standard InChI is InChI=1S/C22H28N4O2S2/c1-14-15(2)30-22-19(14)21(24-20(25-22)18-4-3-11-29-18)23-12-17(16-5-8-28-13-16)26-6-9-27-10-7-26/h3-4,11,16-17H,5-10,12-13H2,1-2H3,(H,23,24,25)/t16-,17-/m1/s1. The topological polar surface area (TPSA) is 59.5 Å². The van der Waals surface area contributed by atoms with Gasteiger partial charge in [0.2, 0.25) is 0 Å². The van der Waals surface area contributed by atoms with E-state index < -0.39 is 0 Å². The minimum atomic E-state index is 0.423. The Labute approximate surface area is 185 Å². The van der Waals surface area contributed by atoms with Crippen molar-refractivity contribution in [1.82, 2.24) is 14.9 Å². The Balaban J connectivity index is 1.46. The molecule has 30 heavy (non-hydrogen) atoms. The fourth-order valence-corrected chi connectivity index (χ4v) is 6.14. The molecule has 2 atom stereocenters. The minimum Gasteiger partial charge on any atom is -0.381 e. The molecular formula is C22H28N4O2S2. The zero-order valence-electron chi connectivity index (χ0n) is 17.5. The summed E-state index contributed by atoms with van der Waals surface area (Å²) < 4.78 is 11.3. The molecule has 0 radical (unpaired) electrons. The van der Waals surface area contributed by atoms with Crippen LogP contribution in [0.2, 0.25) is 0 Å². The summed E-state index contributed by atoms with van der Waals surface area (Å²) in [4.78, 5) is 15.9. The number of rotatable bonds is 6. The van der Waals surface area contributed by atoms with Gasteiger partial charge in [0, 0.05) is 43.1 Å². The summed E-state index contributed by atoms with van der Waals surface area (Å²) in [5, 5.41) is 6.99. The summed E-state index contributed by atoms with van der Waals surface area (Å²) >= 11 is 3.44. The molecule has 2 aliphatic heterocycles. The molecule has 0 aliphatic carbocycles. The van der Waals surface area contributed by atoms with Crippen LogP contribution in [0, 0.1) is 19.8 Å². The maximum Gasteiger partial charge on any atom is 0.173 e. The van der Waals surface area contributed by atoms with E-state index in [0.717, 1.165) is 73.8 Å². The van der Waals surface area contributed by atoms with E-state index in [1.165, 1.54) is 15.8 Å². The second-order valence-corrected chi connectivity index (χ2v) is 10.2. The number of nitrogens with one attached hydrogen (secondary N) is 1. The van der Waals surface area contributed by atoms with Gasteiger partial charge in [0.25, 0.3) is 0 Å². The first-order chi connectivity index (χ1) is 14.7. The number of fused-ring (bicyclic) bond motifs is 1. The van der Waals surface area contributed by atoms with Crippen molar-refractivity contribution in [2.24, 2.45) is 5.92 Å². The van der Waals surface area contributed by atoms with Gasteiger partial charge in [0.1, 0.15) is 10.6 Å². The molecule has 0 unspecified atom stereocenters. The van der Waals surface area contributed by atoms with Crippen LogP contribution in [0.15, 0.2) is 17.5 Å². The molecule has 5 rings (SSSR count). The first-order valence-electron chi connectivity index (χ1n) is 10.7. The smallest absolute Gasteiger partial charge is 0.173 e. The van der Waals surface area contributed by atoms with E-state index in [2.05, 4.69) is 41.6 Å². The van der Waals surface area contributed by atoms with Crippen LogP contribution in [0.25, 0.3) is 20.9 Å². The number of anilines is 1. The number of morpholine rings is 1. The van der Waals surface area contributed by atoms with Crippen LogP contribution in [-0.2, 0) is 9.47 Å². The van der Waals surface area contributed by atoms with Crippen molar-refractivity contribution in [3.05, 3.63) is 28.0 Å². The van der Waals surface area contributed by atoms with E-state index in [0.29, 0.717) is 12.0 Å². The van der Waals surface area contributed by atoms with Crippen molar-refractivity contribution in [1.29, 1.82) is 0 Å². The van der Waals surface area contributed by atoms with Crippen molar-refractivity contribution in [3.8, 4) is 10.7 Å². The van der Waals surface area contributed by atoms with E-state index in [1.807, 2.05) is 0 Å². The van der Waals surface area contributed by atoms with Crippen LogP contribution in [0.4, 0.5) is 5.82 Å². The lowest BCUT2D eigenvalue weighted by Crippen LogP contribution is -2.50. The zero-order chi connectivity index (χ0) is 20.5. The molecule has 2 aliphatic rings. The quantitative estimate of drug-likeness (QED) is 0.615. The fraction of sp³-hybridized carbons (Fsp3) is 0.545. The summed E-state index contributed by atoms with van der Waals surface area (Å²) in [5.74, 6) is 2.32.